The molecule has 1 N–H and O–H groups in total. The van der Waals surface area contributed by atoms with Crippen molar-refractivity contribution in [3.63, 3.8) is 0 Å². The summed E-state index contributed by atoms with van der Waals surface area (Å²) in [7, 11) is 0. The molecule has 1 amide bonds. The number of carbonyl (C=O) groups excluding carboxylic acids is 1. The van der Waals surface area contributed by atoms with Gasteiger partial charge in [0.15, 0.2) is 0 Å². The Labute approximate surface area is 138 Å². The van der Waals surface area contributed by atoms with Crippen LogP contribution in [0.4, 0.5) is 0 Å². The number of nitrogens with one attached hydrogen (secondary N) is 1. The van der Waals surface area contributed by atoms with E-state index in [1.165, 1.54) is 11.1 Å². The SMILES string of the molecule is Cc1ccc(CNC(=O)CSCc2ccccc2Br)cc1. The Morgan fingerprint density at radius 1 is 1.14 bits per heavy atom. The number of halogens is 1. The minimum absolute atomic E-state index is 0.0765. The van der Waals surface area contributed by atoms with Crippen LogP contribution in [-0.4, -0.2) is 11.7 Å². The van der Waals surface area contributed by atoms with Crippen LogP contribution < -0.4 is 5.32 Å². The third-order valence-electron chi connectivity index (χ3n) is 3.06. The highest BCUT2D eigenvalue weighted by Gasteiger charge is 2.04. The summed E-state index contributed by atoms with van der Waals surface area (Å²) in [4.78, 5) is 11.8. The van der Waals surface area contributed by atoms with Crippen molar-refractivity contribution < 1.29 is 4.79 Å². The normalized spacial score (nSPS) is 10.4. The maximum Gasteiger partial charge on any atom is 0.230 e. The molecule has 2 nitrogen and oxygen atoms in total. The molecule has 0 aromatic heterocycles. The molecule has 0 aliphatic carbocycles. The van der Waals surface area contributed by atoms with Gasteiger partial charge in [-0.05, 0) is 24.1 Å². The predicted octanol–water partition coefficient (Wildman–Crippen LogP) is 4.31. The zero-order valence-corrected chi connectivity index (χ0v) is 14.3. The van der Waals surface area contributed by atoms with Gasteiger partial charge < -0.3 is 5.32 Å². The van der Waals surface area contributed by atoms with Gasteiger partial charge in [0.05, 0.1) is 5.75 Å². The maximum atomic E-state index is 11.8. The van der Waals surface area contributed by atoms with E-state index in [-0.39, 0.29) is 5.91 Å². The van der Waals surface area contributed by atoms with Crippen LogP contribution in [0, 0.1) is 6.92 Å². The molecule has 0 aliphatic heterocycles. The first-order chi connectivity index (χ1) is 10.1. The molecule has 0 spiro atoms. The van der Waals surface area contributed by atoms with E-state index in [2.05, 4.69) is 46.4 Å². The maximum absolute atomic E-state index is 11.8. The molecule has 2 aromatic rings. The Bertz CT molecular complexity index is 598. The summed E-state index contributed by atoms with van der Waals surface area (Å²) in [6.45, 7) is 2.65. The van der Waals surface area contributed by atoms with Crippen molar-refractivity contribution in [3.8, 4) is 0 Å². The fourth-order valence-electron chi connectivity index (χ4n) is 1.83. The second-order valence-electron chi connectivity index (χ2n) is 4.85. The van der Waals surface area contributed by atoms with Crippen molar-refractivity contribution in [2.75, 3.05) is 5.75 Å². The quantitative estimate of drug-likeness (QED) is 0.828. The number of rotatable bonds is 6. The molecule has 21 heavy (non-hydrogen) atoms. The number of aryl methyl sites for hydroxylation is 1. The van der Waals surface area contributed by atoms with E-state index in [9.17, 15) is 4.79 Å². The Kier molecular flexibility index (Phi) is 6.33. The van der Waals surface area contributed by atoms with Crippen molar-refractivity contribution in [1.82, 2.24) is 5.32 Å². The fourth-order valence-corrected chi connectivity index (χ4v) is 3.30. The van der Waals surface area contributed by atoms with Gasteiger partial charge in [-0.2, -0.15) is 0 Å². The van der Waals surface area contributed by atoms with Gasteiger partial charge in [0.1, 0.15) is 0 Å². The summed E-state index contributed by atoms with van der Waals surface area (Å²) in [6.07, 6.45) is 0. The minimum atomic E-state index is 0.0765. The lowest BCUT2D eigenvalue weighted by Gasteiger charge is -2.06. The van der Waals surface area contributed by atoms with E-state index < -0.39 is 0 Å². The fraction of sp³-hybridized carbons (Fsp3) is 0.235. The Morgan fingerprint density at radius 2 is 1.86 bits per heavy atom. The smallest absolute Gasteiger partial charge is 0.230 e. The number of thioether (sulfide) groups is 1. The van der Waals surface area contributed by atoms with E-state index >= 15 is 0 Å². The molecule has 0 saturated carbocycles. The van der Waals surface area contributed by atoms with Crippen molar-refractivity contribution in [1.29, 1.82) is 0 Å². The second-order valence-corrected chi connectivity index (χ2v) is 6.69. The topological polar surface area (TPSA) is 29.1 Å². The molecule has 0 heterocycles. The van der Waals surface area contributed by atoms with Gasteiger partial charge in [-0.25, -0.2) is 0 Å². The largest absolute Gasteiger partial charge is 0.351 e. The van der Waals surface area contributed by atoms with E-state index in [0.717, 1.165) is 15.8 Å². The van der Waals surface area contributed by atoms with Gasteiger partial charge in [0, 0.05) is 16.8 Å². The molecule has 0 aliphatic rings. The Morgan fingerprint density at radius 3 is 2.57 bits per heavy atom. The lowest BCUT2D eigenvalue weighted by molar-refractivity contribution is -0.118. The highest BCUT2D eigenvalue weighted by molar-refractivity contribution is 9.10. The first kappa shape index (κ1) is 16.1. The molecular weight excluding hydrogens is 346 g/mol. The molecule has 0 atom stereocenters. The standard InChI is InChI=1S/C17H18BrNOS/c1-13-6-8-14(9-7-13)10-19-17(20)12-21-11-15-4-2-3-5-16(15)18/h2-9H,10-12H2,1H3,(H,19,20). The first-order valence-electron chi connectivity index (χ1n) is 6.78. The number of hydrogen-bond donors (Lipinski definition) is 1. The van der Waals surface area contributed by atoms with Crippen LogP contribution in [0.5, 0.6) is 0 Å². The molecule has 0 radical (unpaired) electrons. The molecule has 0 unspecified atom stereocenters. The average molecular weight is 364 g/mol. The summed E-state index contributed by atoms with van der Waals surface area (Å²) >= 11 is 5.14. The van der Waals surface area contributed by atoms with E-state index in [1.54, 1.807) is 11.8 Å². The lowest BCUT2D eigenvalue weighted by Crippen LogP contribution is -2.24. The summed E-state index contributed by atoms with van der Waals surface area (Å²) in [6, 6.07) is 16.3. The van der Waals surface area contributed by atoms with Gasteiger partial charge in [-0.1, -0.05) is 64.0 Å². The molecular formula is C17H18BrNOS. The summed E-state index contributed by atoms with van der Waals surface area (Å²) in [5.74, 6) is 1.39. The van der Waals surface area contributed by atoms with Crippen molar-refractivity contribution >= 4 is 33.6 Å². The van der Waals surface area contributed by atoms with Crippen molar-refractivity contribution in [2.24, 2.45) is 0 Å². The number of carbonyl (C=O) groups is 1. The predicted molar refractivity (Wildman–Crippen MR) is 93.3 cm³/mol. The molecule has 2 rings (SSSR count). The molecule has 0 saturated heterocycles. The van der Waals surface area contributed by atoms with Gasteiger partial charge >= 0.3 is 0 Å². The summed E-state index contributed by atoms with van der Waals surface area (Å²) < 4.78 is 1.09. The van der Waals surface area contributed by atoms with E-state index in [0.29, 0.717) is 12.3 Å². The Balaban J connectivity index is 1.70. The van der Waals surface area contributed by atoms with Crippen LogP contribution >= 0.6 is 27.7 Å². The van der Waals surface area contributed by atoms with Crippen LogP contribution in [0.2, 0.25) is 0 Å². The van der Waals surface area contributed by atoms with Crippen LogP contribution in [0.1, 0.15) is 16.7 Å². The molecule has 4 heteroatoms. The van der Waals surface area contributed by atoms with Crippen LogP contribution in [0.15, 0.2) is 53.0 Å². The Hall–Kier alpha value is -1.26. The third kappa shape index (κ3) is 5.56. The monoisotopic (exact) mass is 363 g/mol. The molecule has 110 valence electrons. The second kappa shape index (κ2) is 8.25. The number of benzene rings is 2. The van der Waals surface area contributed by atoms with Crippen molar-refractivity contribution in [2.45, 2.75) is 19.2 Å². The first-order valence-corrected chi connectivity index (χ1v) is 8.73. The van der Waals surface area contributed by atoms with Gasteiger partial charge in [-0.15, -0.1) is 11.8 Å². The minimum Gasteiger partial charge on any atom is -0.351 e. The number of hydrogen-bond acceptors (Lipinski definition) is 2. The third-order valence-corrected chi connectivity index (χ3v) is 4.81. The summed E-state index contributed by atoms with van der Waals surface area (Å²) in [5.41, 5.74) is 3.58. The zero-order chi connectivity index (χ0) is 15.1. The van der Waals surface area contributed by atoms with E-state index in [1.807, 2.05) is 30.3 Å². The van der Waals surface area contributed by atoms with Gasteiger partial charge in [-0.3, -0.25) is 4.79 Å². The van der Waals surface area contributed by atoms with Crippen LogP contribution in [0.25, 0.3) is 0 Å². The van der Waals surface area contributed by atoms with Crippen LogP contribution in [0.3, 0.4) is 0 Å². The highest BCUT2D eigenvalue weighted by Crippen LogP contribution is 2.21. The lowest BCUT2D eigenvalue weighted by atomic mass is 10.1. The summed E-state index contributed by atoms with van der Waals surface area (Å²) in [5, 5.41) is 2.95. The zero-order valence-electron chi connectivity index (χ0n) is 11.9. The molecule has 0 fully saturated rings. The highest BCUT2D eigenvalue weighted by atomic mass is 79.9. The molecule has 2 aromatic carbocycles. The van der Waals surface area contributed by atoms with Crippen LogP contribution in [-0.2, 0) is 17.1 Å². The van der Waals surface area contributed by atoms with Crippen molar-refractivity contribution in [3.05, 3.63) is 69.7 Å². The van der Waals surface area contributed by atoms with Gasteiger partial charge in [0.25, 0.3) is 0 Å². The van der Waals surface area contributed by atoms with E-state index in [4.69, 9.17) is 0 Å². The number of amides is 1. The van der Waals surface area contributed by atoms with Gasteiger partial charge in [0.2, 0.25) is 5.91 Å². The molecule has 0 bridgehead atoms. The average Bonchev–Trinajstić information content (AvgIpc) is 2.49.